The van der Waals surface area contributed by atoms with Crippen LogP contribution in [-0.4, -0.2) is 7.11 Å². The van der Waals surface area contributed by atoms with Crippen molar-refractivity contribution in [3.05, 3.63) is 35.7 Å². The molecule has 1 aromatic rings. The summed E-state index contributed by atoms with van der Waals surface area (Å²) in [5.74, 6) is 0.900. The molecule has 1 nitrogen and oxygen atoms in total. The fraction of sp³-hybridized carbons (Fsp3) is 0.300. The van der Waals surface area contributed by atoms with Crippen molar-refractivity contribution in [2.75, 3.05) is 7.11 Å². The summed E-state index contributed by atoms with van der Waals surface area (Å²) in [5.41, 5.74) is 2.96. The Labute approximate surface area is 68.0 Å². The minimum atomic E-state index is 0.823. The van der Waals surface area contributed by atoms with Gasteiger partial charge in [0.15, 0.2) is 0 Å². The molecule has 0 heterocycles. The normalized spacial score (nSPS) is 9.82. The van der Waals surface area contributed by atoms with Crippen LogP contribution in [0.15, 0.2) is 12.1 Å². The second-order valence-electron chi connectivity index (χ2n) is 2.68. The molecule has 1 heteroatoms. The van der Waals surface area contributed by atoms with Crippen molar-refractivity contribution in [3.8, 4) is 5.75 Å². The monoisotopic (exact) mass is 148 g/mol. The second kappa shape index (κ2) is 2.95. The molecule has 0 fully saturated rings. The summed E-state index contributed by atoms with van der Waals surface area (Å²) in [6.45, 7) is 9.64. The average molecular weight is 148 g/mol. The van der Waals surface area contributed by atoms with Crippen LogP contribution in [0, 0.1) is 20.8 Å². The Morgan fingerprint density at radius 1 is 1.18 bits per heavy atom. The van der Waals surface area contributed by atoms with Crippen LogP contribution in [0.25, 0.3) is 0 Å². The molecule has 2 radical (unpaired) electrons. The zero-order valence-corrected chi connectivity index (χ0v) is 7.14. The SMILES string of the molecule is [CH]c1cc(C)c(OC)cc1C. The lowest BCUT2D eigenvalue weighted by molar-refractivity contribution is 0.411. The number of methoxy groups -OCH3 is 1. The molecule has 58 valence electrons. The Bertz CT molecular complexity index is 264. The van der Waals surface area contributed by atoms with Gasteiger partial charge in [-0.3, -0.25) is 0 Å². The third-order valence-corrected chi connectivity index (χ3v) is 1.78. The van der Waals surface area contributed by atoms with E-state index in [2.05, 4.69) is 0 Å². The van der Waals surface area contributed by atoms with Gasteiger partial charge >= 0.3 is 0 Å². The Morgan fingerprint density at radius 2 is 1.82 bits per heavy atom. The molecule has 0 N–H and O–H groups in total. The first-order chi connectivity index (χ1) is 5.15. The largest absolute Gasteiger partial charge is 0.496 e. The summed E-state index contributed by atoms with van der Waals surface area (Å²) < 4.78 is 5.13. The predicted molar refractivity (Wildman–Crippen MR) is 45.9 cm³/mol. The maximum Gasteiger partial charge on any atom is 0.122 e. The van der Waals surface area contributed by atoms with Crippen molar-refractivity contribution in [1.82, 2.24) is 0 Å². The summed E-state index contributed by atoms with van der Waals surface area (Å²) in [6.07, 6.45) is 0. The van der Waals surface area contributed by atoms with Gasteiger partial charge in [0.2, 0.25) is 0 Å². The van der Waals surface area contributed by atoms with Gasteiger partial charge in [-0.05, 0) is 43.5 Å². The maximum atomic E-state index is 5.69. The summed E-state index contributed by atoms with van der Waals surface area (Å²) in [7, 11) is 1.66. The van der Waals surface area contributed by atoms with E-state index >= 15 is 0 Å². The van der Waals surface area contributed by atoms with Crippen LogP contribution in [-0.2, 0) is 0 Å². The number of hydrogen-bond donors (Lipinski definition) is 0. The van der Waals surface area contributed by atoms with E-state index in [1.54, 1.807) is 7.11 Å². The third kappa shape index (κ3) is 1.53. The summed E-state index contributed by atoms with van der Waals surface area (Å²) in [5, 5.41) is 0. The van der Waals surface area contributed by atoms with E-state index in [0.717, 1.165) is 22.4 Å². The molecule has 11 heavy (non-hydrogen) atoms. The Hall–Kier alpha value is -0.980. The van der Waals surface area contributed by atoms with E-state index in [4.69, 9.17) is 11.7 Å². The molecule has 0 amide bonds. The van der Waals surface area contributed by atoms with Gasteiger partial charge in [-0.25, -0.2) is 0 Å². The van der Waals surface area contributed by atoms with Crippen LogP contribution in [0.1, 0.15) is 16.7 Å². The van der Waals surface area contributed by atoms with Gasteiger partial charge in [-0.1, -0.05) is 6.07 Å². The van der Waals surface area contributed by atoms with Crippen LogP contribution in [0.2, 0.25) is 0 Å². The van der Waals surface area contributed by atoms with Gasteiger partial charge in [-0.2, -0.15) is 0 Å². The minimum absolute atomic E-state index is 0.823. The van der Waals surface area contributed by atoms with Crippen LogP contribution in [0.4, 0.5) is 0 Å². The molecular formula is C10H12O. The zero-order valence-electron chi connectivity index (χ0n) is 7.14. The van der Waals surface area contributed by atoms with E-state index in [1.165, 1.54) is 0 Å². The first-order valence-electron chi connectivity index (χ1n) is 3.56. The lowest BCUT2D eigenvalue weighted by atomic mass is 10.1. The van der Waals surface area contributed by atoms with Crippen LogP contribution >= 0.6 is 0 Å². The molecule has 0 aliphatic heterocycles. The lowest BCUT2D eigenvalue weighted by Crippen LogP contribution is -1.90. The Morgan fingerprint density at radius 3 is 2.36 bits per heavy atom. The minimum Gasteiger partial charge on any atom is -0.496 e. The number of hydrogen-bond acceptors (Lipinski definition) is 1. The predicted octanol–water partition coefficient (Wildman–Crippen LogP) is 2.37. The van der Waals surface area contributed by atoms with Gasteiger partial charge in [0.1, 0.15) is 5.75 Å². The van der Waals surface area contributed by atoms with E-state index < -0.39 is 0 Å². The average Bonchev–Trinajstić information content (AvgIpc) is 1.97. The zero-order chi connectivity index (χ0) is 8.43. The van der Waals surface area contributed by atoms with E-state index in [1.807, 2.05) is 26.0 Å². The summed E-state index contributed by atoms with van der Waals surface area (Å²) in [4.78, 5) is 0. The smallest absolute Gasteiger partial charge is 0.122 e. The molecule has 0 aliphatic rings. The van der Waals surface area contributed by atoms with Crippen LogP contribution in [0.3, 0.4) is 0 Å². The molecule has 0 saturated carbocycles. The molecule has 1 rings (SSSR count). The maximum absolute atomic E-state index is 5.69. The molecular weight excluding hydrogens is 136 g/mol. The molecule has 0 bridgehead atoms. The van der Waals surface area contributed by atoms with Gasteiger partial charge in [0, 0.05) is 0 Å². The highest BCUT2D eigenvalue weighted by atomic mass is 16.5. The van der Waals surface area contributed by atoms with Crippen molar-refractivity contribution in [2.24, 2.45) is 0 Å². The van der Waals surface area contributed by atoms with E-state index in [-0.39, 0.29) is 0 Å². The molecule has 0 unspecified atom stereocenters. The highest BCUT2D eigenvalue weighted by Gasteiger charge is 2.00. The van der Waals surface area contributed by atoms with Crippen molar-refractivity contribution in [2.45, 2.75) is 13.8 Å². The van der Waals surface area contributed by atoms with Crippen LogP contribution in [0.5, 0.6) is 5.75 Å². The summed E-state index contributed by atoms with van der Waals surface area (Å²) in [6, 6.07) is 3.87. The molecule has 0 atom stereocenters. The first kappa shape index (κ1) is 8.12. The van der Waals surface area contributed by atoms with Crippen molar-refractivity contribution in [1.29, 1.82) is 0 Å². The second-order valence-corrected chi connectivity index (χ2v) is 2.68. The number of aryl methyl sites for hydroxylation is 2. The highest BCUT2D eigenvalue weighted by Crippen LogP contribution is 2.21. The lowest BCUT2D eigenvalue weighted by Gasteiger charge is -2.07. The molecule has 0 aliphatic carbocycles. The number of benzene rings is 1. The topological polar surface area (TPSA) is 9.23 Å². The van der Waals surface area contributed by atoms with Crippen LogP contribution < -0.4 is 4.74 Å². The fourth-order valence-corrected chi connectivity index (χ4v) is 1.03. The Balaban J connectivity index is 3.21. The standard InChI is InChI=1S/C10H12O/c1-7-5-9(3)10(11-4)6-8(7)2/h1,5-6H,2-4H3. The highest BCUT2D eigenvalue weighted by molar-refractivity contribution is 5.42. The number of rotatable bonds is 1. The van der Waals surface area contributed by atoms with Gasteiger partial charge in [0.25, 0.3) is 0 Å². The van der Waals surface area contributed by atoms with Crippen molar-refractivity contribution < 1.29 is 4.74 Å². The fourth-order valence-electron chi connectivity index (χ4n) is 1.03. The number of ether oxygens (including phenoxy) is 1. The van der Waals surface area contributed by atoms with Crippen molar-refractivity contribution in [3.63, 3.8) is 0 Å². The van der Waals surface area contributed by atoms with Gasteiger partial charge < -0.3 is 4.74 Å². The molecule has 1 aromatic carbocycles. The summed E-state index contributed by atoms with van der Waals surface area (Å²) >= 11 is 0. The molecule has 0 saturated heterocycles. The van der Waals surface area contributed by atoms with E-state index in [0.29, 0.717) is 0 Å². The molecule has 0 spiro atoms. The quantitative estimate of drug-likeness (QED) is 0.594. The van der Waals surface area contributed by atoms with Gasteiger partial charge in [0.05, 0.1) is 7.11 Å². The van der Waals surface area contributed by atoms with Crippen molar-refractivity contribution >= 4 is 0 Å². The van der Waals surface area contributed by atoms with Gasteiger partial charge in [-0.15, -0.1) is 0 Å². The van der Waals surface area contributed by atoms with E-state index in [9.17, 15) is 0 Å². The first-order valence-corrected chi connectivity index (χ1v) is 3.56. The Kier molecular flexibility index (Phi) is 2.18. The molecule has 0 aromatic heterocycles. The third-order valence-electron chi connectivity index (χ3n) is 1.78.